The molecule has 1 unspecified atom stereocenters. The Balaban J connectivity index is 2.02. The summed E-state index contributed by atoms with van der Waals surface area (Å²) in [6.07, 6.45) is 2.92. The molecule has 1 fully saturated rings. The van der Waals surface area contributed by atoms with E-state index < -0.39 is 0 Å². The molecular weight excluding hydrogens is 310 g/mol. The van der Waals surface area contributed by atoms with Crippen LogP contribution in [0, 0.1) is 11.3 Å². The third-order valence-corrected chi connectivity index (χ3v) is 5.62. The normalized spacial score (nSPS) is 20.9. The van der Waals surface area contributed by atoms with E-state index in [1.165, 1.54) is 12.8 Å². The first-order valence-corrected chi connectivity index (χ1v) is 8.09. The van der Waals surface area contributed by atoms with Crippen LogP contribution in [0.2, 0.25) is 0 Å². The number of rotatable bonds is 4. The number of hydrogen-bond acceptors (Lipinski definition) is 3. The molecule has 1 aromatic rings. The Hall–Kier alpha value is -0.190. The Kier molecular flexibility index (Phi) is 4.62. The van der Waals surface area contributed by atoms with E-state index in [0.29, 0.717) is 18.1 Å². The van der Waals surface area contributed by atoms with Crippen LogP contribution in [0.4, 0.5) is 0 Å². The van der Waals surface area contributed by atoms with Crippen LogP contribution in [0.5, 0.6) is 0 Å². The molecule has 2 heterocycles. The van der Waals surface area contributed by atoms with Gasteiger partial charge in [0.15, 0.2) is 0 Å². The van der Waals surface area contributed by atoms with Gasteiger partial charge in [0.1, 0.15) is 5.78 Å². The van der Waals surface area contributed by atoms with Crippen molar-refractivity contribution in [3.8, 4) is 0 Å². The summed E-state index contributed by atoms with van der Waals surface area (Å²) in [4.78, 5) is 13.7. The monoisotopic (exact) mass is 329 g/mol. The molecule has 1 saturated heterocycles. The van der Waals surface area contributed by atoms with Crippen LogP contribution in [0.25, 0.3) is 0 Å². The molecule has 1 atom stereocenters. The molecule has 100 valence electrons. The summed E-state index contributed by atoms with van der Waals surface area (Å²) in [5, 5.41) is 3.41. The number of thiophene rings is 1. The summed E-state index contributed by atoms with van der Waals surface area (Å²) in [5.41, 5.74) is -0.218. The van der Waals surface area contributed by atoms with Gasteiger partial charge in [-0.15, -0.1) is 11.3 Å². The zero-order valence-corrected chi connectivity index (χ0v) is 13.4. The zero-order chi connectivity index (χ0) is 13.2. The van der Waals surface area contributed by atoms with Gasteiger partial charge in [-0.05, 0) is 59.9 Å². The van der Waals surface area contributed by atoms with Crippen molar-refractivity contribution in [1.82, 2.24) is 5.32 Å². The van der Waals surface area contributed by atoms with Crippen LogP contribution in [-0.4, -0.2) is 18.9 Å². The molecule has 0 bridgehead atoms. The molecule has 0 aliphatic carbocycles. The quantitative estimate of drug-likeness (QED) is 0.913. The minimum Gasteiger partial charge on any atom is -0.316 e. The molecule has 0 radical (unpaired) electrons. The summed E-state index contributed by atoms with van der Waals surface area (Å²) in [6.45, 7) is 6.29. The lowest BCUT2D eigenvalue weighted by molar-refractivity contribution is -0.129. The number of nitrogens with one attached hydrogen (secondary N) is 1. The third kappa shape index (κ3) is 3.22. The topological polar surface area (TPSA) is 29.1 Å². The number of piperidine rings is 1. The van der Waals surface area contributed by atoms with E-state index in [4.69, 9.17) is 0 Å². The fourth-order valence-corrected chi connectivity index (χ4v) is 4.01. The fraction of sp³-hybridized carbons (Fsp3) is 0.643. The molecule has 0 spiro atoms. The van der Waals surface area contributed by atoms with Crippen molar-refractivity contribution in [3.63, 3.8) is 0 Å². The fourth-order valence-electron chi connectivity index (χ4n) is 2.53. The van der Waals surface area contributed by atoms with Gasteiger partial charge in [0, 0.05) is 16.7 Å². The third-order valence-electron chi connectivity index (χ3n) is 4.00. The lowest BCUT2D eigenvalue weighted by Gasteiger charge is -2.36. The summed E-state index contributed by atoms with van der Waals surface area (Å²) in [6, 6.07) is 4.06. The van der Waals surface area contributed by atoms with Gasteiger partial charge in [0.05, 0.1) is 3.79 Å². The first-order chi connectivity index (χ1) is 8.50. The highest BCUT2D eigenvalue weighted by molar-refractivity contribution is 9.11. The smallest absolute Gasteiger partial charge is 0.143 e. The highest BCUT2D eigenvalue weighted by Crippen LogP contribution is 2.34. The zero-order valence-electron chi connectivity index (χ0n) is 11.0. The largest absolute Gasteiger partial charge is 0.316 e. The molecule has 18 heavy (non-hydrogen) atoms. The average Bonchev–Trinajstić information content (AvgIpc) is 2.76. The van der Waals surface area contributed by atoms with Crippen molar-refractivity contribution < 1.29 is 4.79 Å². The van der Waals surface area contributed by atoms with Crippen LogP contribution in [-0.2, 0) is 11.2 Å². The second kappa shape index (κ2) is 5.85. The number of carbonyl (C=O) groups excluding carboxylic acids is 1. The van der Waals surface area contributed by atoms with Crippen molar-refractivity contribution in [2.45, 2.75) is 33.1 Å². The maximum Gasteiger partial charge on any atom is 0.143 e. The van der Waals surface area contributed by atoms with Crippen molar-refractivity contribution >= 4 is 33.0 Å². The summed E-state index contributed by atoms with van der Waals surface area (Å²) < 4.78 is 1.10. The van der Waals surface area contributed by atoms with Crippen LogP contribution in [0.3, 0.4) is 0 Å². The number of halogens is 1. The molecule has 0 amide bonds. The summed E-state index contributed by atoms with van der Waals surface area (Å²) >= 11 is 5.11. The lowest BCUT2D eigenvalue weighted by Crippen LogP contribution is -2.43. The second-order valence-corrected chi connectivity index (χ2v) is 8.12. The Morgan fingerprint density at radius 1 is 1.56 bits per heavy atom. The Bertz CT molecular complexity index is 421. The molecule has 0 saturated carbocycles. The van der Waals surface area contributed by atoms with Crippen LogP contribution in [0.1, 0.15) is 31.6 Å². The highest BCUT2D eigenvalue weighted by atomic mass is 79.9. The number of ketones is 1. The Morgan fingerprint density at radius 3 is 2.89 bits per heavy atom. The first-order valence-electron chi connectivity index (χ1n) is 6.48. The molecule has 0 aromatic carbocycles. The summed E-state index contributed by atoms with van der Waals surface area (Å²) in [5.74, 6) is 0.840. The standard InChI is InChI=1S/C14H20BrNOS/c1-14(2,10-4-3-7-16-9-10)12(17)8-11-5-6-13(15)18-11/h5-6,10,16H,3-4,7-9H2,1-2H3. The number of carbonyl (C=O) groups is 1. The van der Waals surface area contributed by atoms with Gasteiger partial charge in [-0.1, -0.05) is 13.8 Å². The van der Waals surface area contributed by atoms with Gasteiger partial charge >= 0.3 is 0 Å². The minimum atomic E-state index is -0.218. The van der Waals surface area contributed by atoms with E-state index in [2.05, 4.69) is 35.1 Å². The van der Waals surface area contributed by atoms with Crippen molar-refractivity contribution in [1.29, 1.82) is 0 Å². The van der Waals surface area contributed by atoms with E-state index >= 15 is 0 Å². The molecule has 1 aliphatic heterocycles. The van der Waals surface area contributed by atoms with Gasteiger partial charge in [0.2, 0.25) is 0 Å². The number of Topliss-reactive ketones (excluding diaryl/α,β-unsaturated/α-hetero) is 1. The Labute approximate surface area is 121 Å². The van der Waals surface area contributed by atoms with Crippen LogP contribution < -0.4 is 5.32 Å². The molecule has 2 rings (SSSR count). The average molecular weight is 330 g/mol. The van der Waals surface area contributed by atoms with Gasteiger partial charge in [-0.3, -0.25) is 4.79 Å². The maximum absolute atomic E-state index is 12.5. The SMILES string of the molecule is CC(C)(C(=O)Cc1ccc(Br)s1)C1CCCNC1. The molecule has 1 aromatic heterocycles. The van der Waals surface area contributed by atoms with Crippen LogP contribution >= 0.6 is 27.3 Å². The van der Waals surface area contributed by atoms with Crippen LogP contribution in [0.15, 0.2) is 15.9 Å². The number of hydrogen-bond donors (Lipinski definition) is 1. The molecule has 2 nitrogen and oxygen atoms in total. The molecular formula is C14H20BrNOS. The molecule has 1 N–H and O–H groups in total. The van der Waals surface area contributed by atoms with Crippen molar-refractivity contribution in [2.24, 2.45) is 11.3 Å². The predicted octanol–water partition coefficient (Wildman–Crippen LogP) is 3.65. The van der Waals surface area contributed by atoms with Gasteiger partial charge in [-0.2, -0.15) is 0 Å². The van der Waals surface area contributed by atoms with Crippen molar-refractivity contribution in [3.05, 3.63) is 20.8 Å². The second-order valence-electron chi connectivity index (χ2n) is 5.57. The molecule has 1 aliphatic rings. The maximum atomic E-state index is 12.5. The van der Waals surface area contributed by atoms with E-state index in [1.807, 2.05) is 12.1 Å². The van der Waals surface area contributed by atoms with E-state index in [0.717, 1.165) is 21.8 Å². The molecule has 4 heteroatoms. The van der Waals surface area contributed by atoms with E-state index in [1.54, 1.807) is 11.3 Å². The highest BCUT2D eigenvalue weighted by Gasteiger charge is 2.36. The van der Waals surface area contributed by atoms with Gasteiger partial charge in [0.25, 0.3) is 0 Å². The lowest BCUT2D eigenvalue weighted by atomic mass is 9.71. The van der Waals surface area contributed by atoms with Gasteiger partial charge < -0.3 is 5.32 Å². The Morgan fingerprint density at radius 2 is 2.33 bits per heavy atom. The van der Waals surface area contributed by atoms with E-state index in [-0.39, 0.29) is 5.41 Å². The predicted molar refractivity (Wildman–Crippen MR) is 80.1 cm³/mol. The minimum absolute atomic E-state index is 0.218. The van der Waals surface area contributed by atoms with E-state index in [9.17, 15) is 4.79 Å². The summed E-state index contributed by atoms with van der Waals surface area (Å²) in [7, 11) is 0. The first kappa shape index (κ1) is 14.2. The van der Waals surface area contributed by atoms with Gasteiger partial charge in [-0.25, -0.2) is 0 Å². The van der Waals surface area contributed by atoms with Crippen molar-refractivity contribution in [2.75, 3.05) is 13.1 Å².